The van der Waals surface area contributed by atoms with Crippen LogP contribution in [0.5, 0.6) is 5.75 Å². The van der Waals surface area contributed by atoms with Gasteiger partial charge in [-0.1, -0.05) is 12.1 Å². The lowest BCUT2D eigenvalue weighted by Crippen LogP contribution is -2.03. The highest BCUT2D eigenvalue weighted by Gasteiger charge is 2.15. The highest BCUT2D eigenvalue weighted by molar-refractivity contribution is 5.35. The Morgan fingerprint density at radius 3 is 2.35 bits per heavy atom. The van der Waals surface area contributed by atoms with Gasteiger partial charge in [0.1, 0.15) is 17.5 Å². The maximum absolute atomic E-state index is 9.20. The van der Waals surface area contributed by atoms with Crippen molar-refractivity contribution in [2.45, 2.75) is 5.92 Å². The monoisotopic (exact) mass is 225 g/mol. The van der Waals surface area contributed by atoms with Gasteiger partial charge in [-0.05, 0) is 23.8 Å². The van der Waals surface area contributed by atoms with Gasteiger partial charge in [-0.15, -0.1) is 0 Å². The molecule has 1 aromatic heterocycles. The lowest BCUT2D eigenvalue weighted by molar-refractivity contribution is 0.414. The number of nitriles is 1. The molecule has 1 atom stereocenters. The molecule has 1 aromatic carbocycles. The van der Waals surface area contributed by atoms with Crippen LogP contribution >= 0.6 is 0 Å². The number of aromatic nitrogens is 2. The molecule has 0 spiro atoms. The third kappa shape index (κ3) is 2.40. The van der Waals surface area contributed by atoms with Crippen LogP contribution in [0.4, 0.5) is 0 Å². The van der Waals surface area contributed by atoms with Crippen LogP contribution in [0.2, 0.25) is 0 Å². The third-order valence-corrected chi connectivity index (χ3v) is 2.42. The maximum Gasteiger partial charge on any atom is 0.149 e. The fourth-order valence-corrected chi connectivity index (χ4v) is 1.54. The second-order valence-electron chi connectivity index (χ2n) is 3.44. The van der Waals surface area contributed by atoms with E-state index in [9.17, 15) is 5.26 Å². The first kappa shape index (κ1) is 11.1. The molecule has 2 aromatic rings. The molecule has 0 N–H and O–H groups in total. The maximum atomic E-state index is 9.20. The van der Waals surface area contributed by atoms with Gasteiger partial charge in [-0.3, -0.25) is 0 Å². The van der Waals surface area contributed by atoms with Gasteiger partial charge in [-0.2, -0.15) is 5.26 Å². The van der Waals surface area contributed by atoms with Gasteiger partial charge >= 0.3 is 0 Å². The van der Waals surface area contributed by atoms with E-state index in [0.29, 0.717) is 5.82 Å². The molecule has 0 bridgehead atoms. The minimum Gasteiger partial charge on any atom is -0.497 e. The number of nitrogens with zero attached hydrogens (tertiary/aromatic N) is 3. The summed E-state index contributed by atoms with van der Waals surface area (Å²) in [5.41, 5.74) is 0.861. The van der Waals surface area contributed by atoms with Crippen LogP contribution in [0.3, 0.4) is 0 Å². The Balaban J connectivity index is 2.33. The van der Waals surface area contributed by atoms with E-state index in [4.69, 9.17) is 4.74 Å². The number of methoxy groups -OCH3 is 1. The van der Waals surface area contributed by atoms with Crippen molar-refractivity contribution < 1.29 is 4.74 Å². The molecular weight excluding hydrogens is 214 g/mol. The van der Waals surface area contributed by atoms with E-state index in [1.165, 1.54) is 0 Å². The number of benzene rings is 1. The highest BCUT2D eigenvalue weighted by atomic mass is 16.5. The van der Waals surface area contributed by atoms with E-state index < -0.39 is 5.92 Å². The zero-order valence-electron chi connectivity index (χ0n) is 9.37. The first-order chi connectivity index (χ1) is 8.35. The molecule has 0 aliphatic carbocycles. The molecule has 0 amide bonds. The van der Waals surface area contributed by atoms with Crippen LogP contribution in [-0.2, 0) is 0 Å². The van der Waals surface area contributed by atoms with E-state index in [2.05, 4.69) is 16.0 Å². The van der Waals surface area contributed by atoms with Gasteiger partial charge < -0.3 is 4.74 Å². The molecule has 0 saturated carbocycles. The van der Waals surface area contributed by atoms with Gasteiger partial charge in [0.05, 0.1) is 13.2 Å². The van der Waals surface area contributed by atoms with E-state index in [1.54, 1.807) is 25.6 Å². The Morgan fingerprint density at radius 1 is 1.18 bits per heavy atom. The van der Waals surface area contributed by atoms with Gasteiger partial charge in [0, 0.05) is 12.4 Å². The molecule has 4 nitrogen and oxygen atoms in total. The number of ether oxygens (including phenoxy) is 1. The Hall–Kier alpha value is -2.41. The van der Waals surface area contributed by atoms with Crippen molar-refractivity contribution in [3.8, 4) is 11.8 Å². The summed E-state index contributed by atoms with van der Waals surface area (Å²) in [4.78, 5) is 8.21. The molecule has 1 heterocycles. The zero-order valence-corrected chi connectivity index (χ0v) is 9.37. The predicted octanol–water partition coefficient (Wildman–Crippen LogP) is 2.14. The Labute approximate surface area is 99.5 Å². The molecule has 84 valence electrons. The molecule has 0 fully saturated rings. The average Bonchev–Trinajstić information content (AvgIpc) is 2.42. The minimum atomic E-state index is -0.442. The molecule has 1 unspecified atom stereocenters. The summed E-state index contributed by atoms with van der Waals surface area (Å²) in [7, 11) is 1.61. The standard InChI is InChI=1S/C13H11N3O/c1-17-11-5-3-10(4-6-11)12(9-14)13-15-7-2-8-16-13/h2-8,12H,1H3. The van der Waals surface area contributed by atoms with Crippen molar-refractivity contribution >= 4 is 0 Å². The summed E-state index contributed by atoms with van der Waals surface area (Å²) in [6, 6.07) is 11.3. The molecular formula is C13H11N3O. The topological polar surface area (TPSA) is 58.8 Å². The lowest BCUT2D eigenvalue weighted by atomic mass is 10.00. The van der Waals surface area contributed by atoms with Gasteiger partial charge in [0.15, 0.2) is 0 Å². The molecule has 2 rings (SSSR count). The summed E-state index contributed by atoms with van der Waals surface area (Å²) in [6.45, 7) is 0. The average molecular weight is 225 g/mol. The fourth-order valence-electron chi connectivity index (χ4n) is 1.54. The summed E-state index contributed by atoms with van der Waals surface area (Å²) in [5, 5.41) is 9.20. The second kappa shape index (κ2) is 5.08. The van der Waals surface area contributed by atoms with E-state index >= 15 is 0 Å². The number of hydrogen-bond acceptors (Lipinski definition) is 4. The van der Waals surface area contributed by atoms with Crippen LogP contribution in [0.25, 0.3) is 0 Å². The minimum absolute atomic E-state index is 0.442. The van der Waals surface area contributed by atoms with Gasteiger partial charge in [0.25, 0.3) is 0 Å². The Bertz CT molecular complexity index is 517. The van der Waals surface area contributed by atoms with Gasteiger partial charge in [0.2, 0.25) is 0 Å². The smallest absolute Gasteiger partial charge is 0.149 e. The zero-order chi connectivity index (χ0) is 12.1. The van der Waals surface area contributed by atoms with Crippen molar-refractivity contribution in [1.29, 1.82) is 5.26 Å². The summed E-state index contributed by atoms with van der Waals surface area (Å²) in [6.07, 6.45) is 3.27. The number of hydrogen-bond donors (Lipinski definition) is 0. The van der Waals surface area contributed by atoms with Crippen LogP contribution in [-0.4, -0.2) is 17.1 Å². The molecule has 0 radical (unpaired) electrons. The first-order valence-corrected chi connectivity index (χ1v) is 5.15. The first-order valence-electron chi connectivity index (χ1n) is 5.15. The summed E-state index contributed by atoms with van der Waals surface area (Å²) in [5.74, 6) is 0.835. The normalized spacial score (nSPS) is 11.5. The second-order valence-corrected chi connectivity index (χ2v) is 3.44. The van der Waals surface area contributed by atoms with E-state index in [1.807, 2.05) is 24.3 Å². The van der Waals surface area contributed by atoms with Crippen molar-refractivity contribution in [3.63, 3.8) is 0 Å². The third-order valence-electron chi connectivity index (χ3n) is 2.42. The SMILES string of the molecule is COc1ccc(C(C#N)c2ncccn2)cc1. The van der Waals surface area contributed by atoms with Crippen LogP contribution < -0.4 is 4.74 Å². The highest BCUT2D eigenvalue weighted by Crippen LogP contribution is 2.22. The predicted molar refractivity (Wildman–Crippen MR) is 62.5 cm³/mol. The van der Waals surface area contributed by atoms with E-state index in [0.717, 1.165) is 11.3 Å². The Morgan fingerprint density at radius 2 is 1.82 bits per heavy atom. The van der Waals surface area contributed by atoms with Gasteiger partial charge in [-0.25, -0.2) is 9.97 Å². The summed E-state index contributed by atoms with van der Waals surface area (Å²) < 4.78 is 5.07. The molecule has 4 heteroatoms. The van der Waals surface area contributed by atoms with Crippen LogP contribution in [0, 0.1) is 11.3 Å². The van der Waals surface area contributed by atoms with Crippen LogP contribution in [0.1, 0.15) is 17.3 Å². The fraction of sp³-hybridized carbons (Fsp3) is 0.154. The summed E-state index contributed by atoms with van der Waals surface area (Å²) >= 11 is 0. The van der Waals surface area contributed by atoms with Crippen LogP contribution in [0.15, 0.2) is 42.7 Å². The molecule has 0 saturated heterocycles. The molecule has 17 heavy (non-hydrogen) atoms. The number of rotatable bonds is 3. The largest absolute Gasteiger partial charge is 0.497 e. The molecule has 0 aliphatic rings. The van der Waals surface area contributed by atoms with Crippen molar-refractivity contribution in [2.24, 2.45) is 0 Å². The molecule has 0 aliphatic heterocycles. The Kier molecular flexibility index (Phi) is 3.31. The van der Waals surface area contributed by atoms with Crippen molar-refractivity contribution in [2.75, 3.05) is 7.11 Å². The van der Waals surface area contributed by atoms with Crippen molar-refractivity contribution in [1.82, 2.24) is 9.97 Å². The van der Waals surface area contributed by atoms with E-state index in [-0.39, 0.29) is 0 Å². The lowest BCUT2D eigenvalue weighted by Gasteiger charge is -2.08. The van der Waals surface area contributed by atoms with Crippen molar-refractivity contribution in [3.05, 3.63) is 54.1 Å². The quantitative estimate of drug-likeness (QED) is 0.803.